The van der Waals surface area contributed by atoms with Crippen LogP contribution in [0.15, 0.2) is 47.0 Å². The van der Waals surface area contributed by atoms with Gasteiger partial charge in [-0.25, -0.2) is 0 Å². The number of nitrogens with one attached hydrogen (secondary N) is 1. The molecule has 27 heavy (non-hydrogen) atoms. The largest absolute Gasteiger partial charge is 0.343 e. The first-order valence-electron chi connectivity index (χ1n) is 9.03. The molecular weight excluding hydrogens is 338 g/mol. The number of rotatable bonds is 4. The van der Waals surface area contributed by atoms with Crippen molar-refractivity contribution in [3.63, 3.8) is 0 Å². The van der Waals surface area contributed by atoms with Crippen LogP contribution in [0.25, 0.3) is 11.4 Å². The number of amides is 1. The van der Waals surface area contributed by atoms with Crippen molar-refractivity contribution in [2.24, 2.45) is 0 Å². The SMILES string of the molecule is Cc1ccc(C)c(C(=O)NCc2nc(-c3ccc(C(C)(C)C)cc3)no2)c1. The molecule has 3 rings (SSSR count). The van der Waals surface area contributed by atoms with Gasteiger partial charge in [0, 0.05) is 11.1 Å². The van der Waals surface area contributed by atoms with Crippen LogP contribution in [0.2, 0.25) is 0 Å². The lowest BCUT2D eigenvalue weighted by molar-refractivity contribution is 0.0945. The first-order chi connectivity index (χ1) is 12.7. The minimum Gasteiger partial charge on any atom is -0.343 e. The topological polar surface area (TPSA) is 68.0 Å². The Balaban J connectivity index is 1.67. The Morgan fingerprint density at radius 3 is 2.44 bits per heavy atom. The summed E-state index contributed by atoms with van der Waals surface area (Å²) in [5, 5.41) is 6.87. The maximum atomic E-state index is 12.4. The molecule has 1 aromatic heterocycles. The van der Waals surface area contributed by atoms with Gasteiger partial charge in [0.1, 0.15) is 0 Å². The molecule has 0 radical (unpaired) electrons. The van der Waals surface area contributed by atoms with Gasteiger partial charge in [0.15, 0.2) is 0 Å². The van der Waals surface area contributed by atoms with Gasteiger partial charge in [-0.2, -0.15) is 4.98 Å². The molecule has 1 amide bonds. The molecule has 0 spiro atoms. The standard InChI is InChI=1S/C22H25N3O2/c1-14-6-7-15(2)18(12-14)21(26)23-13-19-24-20(25-27-19)16-8-10-17(11-9-16)22(3,4)5/h6-12H,13H2,1-5H3,(H,23,26). The van der Waals surface area contributed by atoms with Crippen molar-refractivity contribution < 1.29 is 9.32 Å². The summed E-state index contributed by atoms with van der Waals surface area (Å²) in [5.41, 5.74) is 4.87. The predicted octanol–water partition coefficient (Wildman–Crippen LogP) is 4.58. The number of carbonyl (C=O) groups excluding carboxylic acids is 1. The Kier molecular flexibility index (Phi) is 5.13. The first kappa shape index (κ1) is 18.8. The second-order valence-electron chi connectivity index (χ2n) is 7.84. The van der Waals surface area contributed by atoms with Crippen LogP contribution in [-0.2, 0) is 12.0 Å². The smallest absolute Gasteiger partial charge is 0.251 e. The highest BCUT2D eigenvalue weighted by molar-refractivity contribution is 5.95. The van der Waals surface area contributed by atoms with E-state index in [0.717, 1.165) is 16.7 Å². The molecule has 5 heteroatoms. The van der Waals surface area contributed by atoms with Gasteiger partial charge >= 0.3 is 0 Å². The molecule has 140 valence electrons. The van der Waals surface area contributed by atoms with E-state index in [4.69, 9.17) is 4.52 Å². The Hall–Kier alpha value is -2.95. The molecule has 5 nitrogen and oxygen atoms in total. The number of carbonyl (C=O) groups is 1. The van der Waals surface area contributed by atoms with E-state index in [-0.39, 0.29) is 17.9 Å². The molecule has 1 heterocycles. The van der Waals surface area contributed by atoms with Gasteiger partial charge in [0.25, 0.3) is 5.91 Å². The third-order valence-corrected chi connectivity index (χ3v) is 4.52. The molecule has 0 atom stereocenters. The van der Waals surface area contributed by atoms with Crippen molar-refractivity contribution in [3.8, 4) is 11.4 Å². The Labute approximate surface area is 159 Å². The summed E-state index contributed by atoms with van der Waals surface area (Å²) in [6.45, 7) is 10.6. The van der Waals surface area contributed by atoms with E-state index < -0.39 is 0 Å². The van der Waals surface area contributed by atoms with E-state index >= 15 is 0 Å². The van der Waals surface area contributed by atoms with Gasteiger partial charge < -0.3 is 9.84 Å². The van der Waals surface area contributed by atoms with Gasteiger partial charge in [-0.15, -0.1) is 0 Å². The summed E-state index contributed by atoms with van der Waals surface area (Å²) in [5.74, 6) is 0.750. The van der Waals surface area contributed by atoms with Gasteiger partial charge in [-0.1, -0.05) is 67.9 Å². The molecule has 3 aromatic rings. The maximum absolute atomic E-state index is 12.4. The van der Waals surface area contributed by atoms with E-state index in [1.807, 2.05) is 44.2 Å². The molecule has 1 N–H and O–H groups in total. The summed E-state index contributed by atoms with van der Waals surface area (Å²) in [6.07, 6.45) is 0. The van der Waals surface area contributed by atoms with Crippen LogP contribution in [-0.4, -0.2) is 16.0 Å². The zero-order valence-electron chi connectivity index (χ0n) is 16.5. The Morgan fingerprint density at radius 2 is 1.78 bits per heavy atom. The van der Waals surface area contributed by atoms with Crippen molar-refractivity contribution in [1.82, 2.24) is 15.5 Å². The average molecular weight is 363 g/mol. The van der Waals surface area contributed by atoms with Crippen LogP contribution in [0.5, 0.6) is 0 Å². The lowest BCUT2D eigenvalue weighted by atomic mass is 9.87. The van der Waals surface area contributed by atoms with Crippen LogP contribution in [0.1, 0.15) is 53.7 Å². The molecule has 0 saturated carbocycles. The van der Waals surface area contributed by atoms with Crippen molar-refractivity contribution >= 4 is 5.91 Å². The van der Waals surface area contributed by atoms with Crippen LogP contribution in [0.4, 0.5) is 0 Å². The highest BCUT2D eigenvalue weighted by Gasteiger charge is 2.15. The Bertz CT molecular complexity index is 950. The summed E-state index contributed by atoms with van der Waals surface area (Å²) < 4.78 is 5.28. The molecule has 0 aliphatic rings. The third-order valence-electron chi connectivity index (χ3n) is 4.52. The molecule has 2 aromatic carbocycles. The zero-order valence-corrected chi connectivity index (χ0v) is 16.5. The van der Waals surface area contributed by atoms with Gasteiger partial charge in [0.2, 0.25) is 11.7 Å². The van der Waals surface area contributed by atoms with Crippen molar-refractivity contribution in [3.05, 3.63) is 70.6 Å². The Morgan fingerprint density at radius 1 is 1.07 bits per heavy atom. The number of nitrogens with zero attached hydrogens (tertiary/aromatic N) is 2. The van der Waals surface area contributed by atoms with E-state index in [2.05, 4.69) is 48.4 Å². The minimum atomic E-state index is -0.148. The molecule has 0 bridgehead atoms. The fourth-order valence-electron chi connectivity index (χ4n) is 2.79. The summed E-state index contributed by atoms with van der Waals surface area (Å²) in [7, 11) is 0. The first-order valence-corrected chi connectivity index (χ1v) is 9.03. The highest BCUT2D eigenvalue weighted by Crippen LogP contribution is 2.25. The summed E-state index contributed by atoms with van der Waals surface area (Å²) in [4.78, 5) is 16.8. The monoisotopic (exact) mass is 363 g/mol. The fraction of sp³-hybridized carbons (Fsp3) is 0.318. The van der Waals surface area contributed by atoms with Crippen molar-refractivity contribution in [2.45, 2.75) is 46.6 Å². The van der Waals surface area contributed by atoms with Crippen LogP contribution >= 0.6 is 0 Å². The lowest BCUT2D eigenvalue weighted by Gasteiger charge is -2.18. The van der Waals surface area contributed by atoms with Gasteiger partial charge in [-0.05, 0) is 36.5 Å². The summed E-state index contributed by atoms with van der Waals surface area (Å²) >= 11 is 0. The highest BCUT2D eigenvalue weighted by atomic mass is 16.5. The van der Waals surface area contributed by atoms with E-state index in [9.17, 15) is 4.79 Å². The minimum absolute atomic E-state index is 0.0964. The zero-order chi connectivity index (χ0) is 19.6. The van der Waals surface area contributed by atoms with Crippen molar-refractivity contribution in [2.75, 3.05) is 0 Å². The van der Waals surface area contributed by atoms with Crippen LogP contribution in [0, 0.1) is 13.8 Å². The molecule has 0 aliphatic heterocycles. The summed E-state index contributed by atoms with van der Waals surface area (Å²) in [6, 6.07) is 13.9. The van der Waals surface area contributed by atoms with E-state index in [1.54, 1.807) is 0 Å². The predicted molar refractivity (Wildman–Crippen MR) is 106 cm³/mol. The van der Waals surface area contributed by atoms with E-state index in [1.165, 1.54) is 5.56 Å². The number of aromatic nitrogens is 2. The van der Waals surface area contributed by atoms with Gasteiger partial charge in [-0.3, -0.25) is 4.79 Å². The number of benzene rings is 2. The second kappa shape index (κ2) is 7.35. The number of aryl methyl sites for hydroxylation is 2. The normalized spacial score (nSPS) is 11.4. The molecular formula is C22H25N3O2. The second-order valence-corrected chi connectivity index (χ2v) is 7.84. The number of hydrogen-bond acceptors (Lipinski definition) is 4. The third kappa shape index (κ3) is 4.42. The molecule has 0 saturated heterocycles. The maximum Gasteiger partial charge on any atom is 0.251 e. The lowest BCUT2D eigenvalue weighted by Crippen LogP contribution is -2.23. The van der Waals surface area contributed by atoms with Crippen molar-refractivity contribution in [1.29, 1.82) is 0 Å². The average Bonchev–Trinajstić information content (AvgIpc) is 3.10. The number of hydrogen-bond donors (Lipinski definition) is 1. The van der Waals surface area contributed by atoms with Crippen LogP contribution < -0.4 is 5.32 Å². The van der Waals surface area contributed by atoms with E-state index in [0.29, 0.717) is 17.3 Å². The molecule has 0 fully saturated rings. The van der Waals surface area contributed by atoms with Crippen LogP contribution in [0.3, 0.4) is 0 Å². The molecule has 0 aliphatic carbocycles. The fourth-order valence-corrected chi connectivity index (χ4v) is 2.79. The molecule has 0 unspecified atom stereocenters. The van der Waals surface area contributed by atoms with Gasteiger partial charge in [0.05, 0.1) is 6.54 Å². The quantitative estimate of drug-likeness (QED) is 0.737.